The van der Waals surface area contributed by atoms with E-state index in [0.29, 0.717) is 11.5 Å². The zero-order valence-electron chi connectivity index (χ0n) is 14.7. The molecule has 28 heavy (non-hydrogen) atoms. The number of phenolic OH excluding ortho intramolecular Hbond substituents is 1. The quantitative estimate of drug-likeness (QED) is 0.603. The third kappa shape index (κ3) is 3.94. The van der Waals surface area contributed by atoms with Crippen LogP contribution < -0.4 is 10.6 Å². The van der Waals surface area contributed by atoms with E-state index in [9.17, 15) is 18.3 Å². The van der Waals surface area contributed by atoms with Gasteiger partial charge in [0.15, 0.2) is 5.75 Å². The summed E-state index contributed by atoms with van der Waals surface area (Å²) in [6, 6.07) is 1.35. The first kappa shape index (κ1) is 21.2. The number of ether oxygens (including phenoxy) is 1. The highest BCUT2D eigenvalue weighted by Gasteiger charge is 2.48. The first-order chi connectivity index (χ1) is 13.2. The first-order valence-electron chi connectivity index (χ1n) is 8.61. The summed E-state index contributed by atoms with van der Waals surface area (Å²) in [6.07, 6.45) is 2.38. The number of anilines is 1. The summed E-state index contributed by atoms with van der Waals surface area (Å²) in [6.45, 7) is -0.131. The molecular weight excluding hydrogens is 434 g/mol. The van der Waals surface area contributed by atoms with Gasteiger partial charge in [-0.15, -0.1) is 0 Å². The number of phenols is 1. The minimum Gasteiger partial charge on any atom is -0.504 e. The van der Waals surface area contributed by atoms with Crippen molar-refractivity contribution >= 4 is 44.8 Å². The fraction of sp³-hybridized carbons (Fsp3) is 0.471. The number of hydrogen-bond donors (Lipinski definition) is 3. The van der Waals surface area contributed by atoms with E-state index in [2.05, 4.69) is 10.6 Å². The highest BCUT2D eigenvalue weighted by atomic mass is 35.5. The molecule has 7 nitrogen and oxygen atoms in total. The number of urea groups is 1. The molecule has 1 unspecified atom stereocenters. The van der Waals surface area contributed by atoms with Crippen LogP contribution in [-0.4, -0.2) is 43.8 Å². The molecule has 2 amide bonds. The van der Waals surface area contributed by atoms with Crippen LogP contribution in [0.3, 0.4) is 0 Å². The molecular formula is C17H19Cl2FN2O5S. The van der Waals surface area contributed by atoms with Crippen LogP contribution in [0.15, 0.2) is 28.1 Å². The molecule has 0 bridgehead atoms. The van der Waals surface area contributed by atoms with Gasteiger partial charge in [-0.25, -0.2) is 17.6 Å². The number of nitrogens with one attached hydrogen (secondary N) is 2. The summed E-state index contributed by atoms with van der Waals surface area (Å²) in [5.74, 6) is -0.820. The SMILES string of the molecule is O=C(Nc1ccc(Cl)c(S(=O)(=O)C2(F)CCOCC2)c1O)NC1CCC=C1Cl. The minimum absolute atomic E-state index is 0.0654. The Labute approximate surface area is 171 Å². The lowest BCUT2D eigenvalue weighted by molar-refractivity contribution is 0.0323. The van der Waals surface area contributed by atoms with E-state index in [1.54, 1.807) is 6.08 Å². The van der Waals surface area contributed by atoms with Gasteiger partial charge in [0.05, 0.1) is 30.0 Å². The van der Waals surface area contributed by atoms with Crippen LogP contribution in [0.4, 0.5) is 14.9 Å². The van der Waals surface area contributed by atoms with Crippen molar-refractivity contribution in [2.45, 2.75) is 41.6 Å². The van der Waals surface area contributed by atoms with Crippen molar-refractivity contribution in [1.82, 2.24) is 5.32 Å². The first-order valence-corrected chi connectivity index (χ1v) is 10.9. The molecule has 3 N–H and O–H groups in total. The van der Waals surface area contributed by atoms with Crippen molar-refractivity contribution in [1.29, 1.82) is 0 Å². The molecule has 0 spiro atoms. The van der Waals surface area contributed by atoms with Gasteiger partial charge < -0.3 is 20.5 Å². The van der Waals surface area contributed by atoms with Gasteiger partial charge in [0, 0.05) is 17.9 Å². The Kier molecular flexibility index (Phi) is 6.09. The van der Waals surface area contributed by atoms with E-state index in [-0.39, 0.29) is 42.8 Å². The molecule has 11 heteroatoms. The molecule has 1 aromatic carbocycles. The predicted octanol–water partition coefficient (Wildman–Crippen LogP) is 3.70. The number of carbonyl (C=O) groups is 1. The van der Waals surface area contributed by atoms with Gasteiger partial charge in [-0.05, 0) is 25.0 Å². The summed E-state index contributed by atoms with van der Waals surface area (Å²) >= 11 is 12.0. The molecule has 1 aliphatic carbocycles. The largest absolute Gasteiger partial charge is 0.504 e. The van der Waals surface area contributed by atoms with Crippen LogP contribution in [0.2, 0.25) is 5.02 Å². The molecule has 1 saturated heterocycles. The molecule has 1 aromatic rings. The van der Waals surface area contributed by atoms with E-state index in [1.807, 2.05) is 0 Å². The third-order valence-electron chi connectivity index (χ3n) is 4.75. The van der Waals surface area contributed by atoms with Crippen LogP contribution in [0.5, 0.6) is 5.75 Å². The summed E-state index contributed by atoms with van der Waals surface area (Å²) < 4.78 is 45.9. The number of amides is 2. The number of allylic oxidation sites excluding steroid dienone is 1. The van der Waals surface area contributed by atoms with Crippen molar-refractivity contribution in [2.24, 2.45) is 0 Å². The fourth-order valence-electron chi connectivity index (χ4n) is 3.16. The molecule has 3 rings (SSSR count). The Hall–Kier alpha value is -1.55. The Morgan fingerprint density at radius 2 is 1.96 bits per heavy atom. The van der Waals surface area contributed by atoms with Crippen molar-refractivity contribution in [2.75, 3.05) is 18.5 Å². The van der Waals surface area contributed by atoms with Crippen LogP contribution in [-0.2, 0) is 14.6 Å². The van der Waals surface area contributed by atoms with E-state index in [1.165, 1.54) is 12.1 Å². The lowest BCUT2D eigenvalue weighted by Crippen LogP contribution is -2.40. The number of benzene rings is 1. The fourth-order valence-corrected chi connectivity index (χ4v) is 5.65. The minimum atomic E-state index is -4.64. The van der Waals surface area contributed by atoms with Gasteiger partial charge >= 0.3 is 6.03 Å². The van der Waals surface area contributed by atoms with Crippen LogP contribution >= 0.6 is 23.2 Å². The summed E-state index contributed by atoms with van der Waals surface area (Å²) in [7, 11) is -4.64. The predicted molar refractivity (Wildman–Crippen MR) is 103 cm³/mol. The molecule has 1 atom stereocenters. The maximum Gasteiger partial charge on any atom is 0.319 e. The molecule has 1 aliphatic heterocycles. The number of halogens is 3. The molecule has 0 aromatic heterocycles. The summed E-state index contributed by atoms with van der Waals surface area (Å²) in [4.78, 5) is 11.4. The second-order valence-corrected chi connectivity index (χ2v) is 9.58. The zero-order chi connectivity index (χ0) is 20.5. The van der Waals surface area contributed by atoms with E-state index in [0.717, 1.165) is 6.42 Å². The molecule has 154 valence electrons. The van der Waals surface area contributed by atoms with Crippen molar-refractivity contribution in [3.05, 3.63) is 28.3 Å². The molecule has 0 saturated carbocycles. The monoisotopic (exact) mass is 452 g/mol. The second kappa shape index (κ2) is 8.06. The van der Waals surface area contributed by atoms with Gasteiger partial charge in [0.25, 0.3) is 0 Å². The van der Waals surface area contributed by atoms with Gasteiger partial charge in [-0.1, -0.05) is 29.3 Å². The van der Waals surface area contributed by atoms with Crippen LogP contribution in [0, 0.1) is 0 Å². The number of alkyl halides is 1. The number of carbonyl (C=O) groups excluding carboxylic acids is 1. The summed E-state index contributed by atoms with van der Waals surface area (Å²) in [5.41, 5.74) is -0.214. The van der Waals surface area contributed by atoms with Crippen LogP contribution in [0.1, 0.15) is 25.7 Å². The van der Waals surface area contributed by atoms with Crippen molar-refractivity contribution in [3.63, 3.8) is 0 Å². The second-order valence-electron chi connectivity index (χ2n) is 6.59. The Morgan fingerprint density at radius 1 is 1.29 bits per heavy atom. The highest BCUT2D eigenvalue weighted by Crippen LogP contribution is 2.45. The molecule has 2 aliphatic rings. The average Bonchev–Trinajstić information content (AvgIpc) is 3.02. The molecule has 0 radical (unpaired) electrons. The van der Waals surface area contributed by atoms with E-state index >= 15 is 4.39 Å². The zero-order valence-corrected chi connectivity index (χ0v) is 17.0. The van der Waals surface area contributed by atoms with Gasteiger partial charge in [0.2, 0.25) is 14.8 Å². The topological polar surface area (TPSA) is 105 Å². The Balaban J connectivity index is 1.88. The number of hydrogen-bond acceptors (Lipinski definition) is 5. The van der Waals surface area contributed by atoms with Crippen molar-refractivity contribution < 1.29 is 27.4 Å². The van der Waals surface area contributed by atoms with Gasteiger partial charge in [-0.2, -0.15) is 0 Å². The maximum atomic E-state index is 15.1. The smallest absolute Gasteiger partial charge is 0.319 e. The number of sulfone groups is 1. The molecule has 1 heterocycles. The number of aromatic hydroxyl groups is 1. The molecule has 1 fully saturated rings. The van der Waals surface area contributed by atoms with Crippen molar-refractivity contribution in [3.8, 4) is 5.75 Å². The normalized spacial score (nSPS) is 21.8. The standard InChI is InChI=1S/C17H19Cl2FN2O5S/c18-10-2-1-3-12(10)21-16(24)22-13-5-4-11(19)15(14(13)23)28(25,26)17(20)6-8-27-9-7-17/h2,4-5,12,23H,1,3,6-9H2,(H2,21,22,24). The van der Waals surface area contributed by atoms with Gasteiger partial charge in [0.1, 0.15) is 4.90 Å². The lowest BCUT2D eigenvalue weighted by Gasteiger charge is -2.29. The Morgan fingerprint density at radius 3 is 2.57 bits per heavy atom. The average molecular weight is 453 g/mol. The lowest BCUT2D eigenvalue weighted by atomic mass is 10.2. The summed E-state index contributed by atoms with van der Waals surface area (Å²) in [5, 5.41) is 13.0. The number of rotatable bonds is 4. The maximum absolute atomic E-state index is 15.1. The van der Waals surface area contributed by atoms with Gasteiger partial charge in [-0.3, -0.25) is 0 Å². The third-order valence-corrected chi connectivity index (χ3v) is 7.92. The van der Waals surface area contributed by atoms with E-state index < -0.39 is 31.5 Å². The highest BCUT2D eigenvalue weighted by molar-refractivity contribution is 7.92. The van der Waals surface area contributed by atoms with Crippen LogP contribution in [0.25, 0.3) is 0 Å². The Bertz CT molecular complexity index is 916. The van der Waals surface area contributed by atoms with E-state index in [4.69, 9.17) is 27.9 Å².